The van der Waals surface area contributed by atoms with Crippen LogP contribution in [0.15, 0.2) is 66.7 Å². The molecule has 1 saturated heterocycles. The molecule has 4 aromatic rings. The second-order valence-electron chi connectivity index (χ2n) is 10.2. The van der Waals surface area contributed by atoms with E-state index < -0.39 is 6.04 Å². The van der Waals surface area contributed by atoms with Gasteiger partial charge in [0.2, 0.25) is 0 Å². The average Bonchev–Trinajstić information content (AvgIpc) is 3.36. The third-order valence-corrected chi connectivity index (χ3v) is 7.99. The quantitative estimate of drug-likeness (QED) is 0.361. The number of rotatable bonds is 6. The molecule has 202 valence electrons. The summed E-state index contributed by atoms with van der Waals surface area (Å²) in [6.07, 6.45) is 0.567. The van der Waals surface area contributed by atoms with Gasteiger partial charge in [-0.05, 0) is 41.5 Å². The van der Waals surface area contributed by atoms with Crippen LogP contribution in [0, 0.1) is 5.82 Å². The third-order valence-electron chi connectivity index (χ3n) is 7.99. The Bertz CT molecular complexity index is 1490. The Balaban J connectivity index is 1.27. The monoisotopic (exact) mass is 528 g/mol. The molecule has 1 aromatic heterocycles. The number of aromatic amines is 1. The number of ether oxygens (including phenoxy) is 2. The number of H-pyrrole nitrogens is 1. The van der Waals surface area contributed by atoms with Crippen LogP contribution in [0.5, 0.6) is 5.75 Å². The molecule has 0 amide bonds. The van der Waals surface area contributed by atoms with Crippen molar-refractivity contribution in [3.05, 3.63) is 94.9 Å². The summed E-state index contributed by atoms with van der Waals surface area (Å²) < 4.78 is 25.2. The largest absolute Gasteiger partial charge is 0.496 e. The highest BCUT2D eigenvalue weighted by Gasteiger charge is 2.35. The van der Waals surface area contributed by atoms with Gasteiger partial charge in [-0.2, -0.15) is 0 Å². The van der Waals surface area contributed by atoms with Gasteiger partial charge >= 0.3 is 5.97 Å². The molecule has 7 nitrogen and oxygen atoms in total. The van der Waals surface area contributed by atoms with E-state index in [1.807, 2.05) is 30.3 Å². The van der Waals surface area contributed by atoms with Crippen LogP contribution < -0.4 is 15.0 Å². The minimum atomic E-state index is -0.441. The molecule has 2 aliphatic heterocycles. The van der Waals surface area contributed by atoms with E-state index >= 15 is 0 Å². The number of benzene rings is 3. The number of aromatic nitrogens is 1. The van der Waals surface area contributed by atoms with Crippen LogP contribution in [0.25, 0.3) is 10.9 Å². The van der Waals surface area contributed by atoms with Crippen molar-refractivity contribution in [2.75, 3.05) is 45.3 Å². The summed E-state index contributed by atoms with van der Waals surface area (Å²) in [5.74, 6) is 0.381. The van der Waals surface area contributed by atoms with Crippen molar-refractivity contribution in [3.8, 4) is 5.75 Å². The van der Waals surface area contributed by atoms with Crippen LogP contribution in [-0.4, -0.2) is 62.3 Å². The number of para-hydroxylation sites is 2. The molecular formula is C31H33FN4O3. The summed E-state index contributed by atoms with van der Waals surface area (Å²) in [4.78, 5) is 20.7. The van der Waals surface area contributed by atoms with Gasteiger partial charge in [-0.1, -0.05) is 36.4 Å². The smallest absolute Gasteiger partial charge is 0.323 e. The number of hydrogen-bond donors (Lipinski definition) is 2. The Morgan fingerprint density at radius 1 is 1.00 bits per heavy atom. The minimum absolute atomic E-state index is 0.179. The van der Waals surface area contributed by atoms with E-state index in [1.165, 1.54) is 13.2 Å². The van der Waals surface area contributed by atoms with E-state index in [-0.39, 0.29) is 17.8 Å². The normalized spacial score (nSPS) is 19.6. The molecule has 1 fully saturated rings. The molecule has 0 bridgehead atoms. The number of anilines is 1. The molecule has 0 radical (unpaired) electrons. The summed E-state index contributed by atoms with van der Waals surface area (Å²) in [5, 5.41) is 4.67. The van der Waals surface area contributed by atoms with Gasteiger partial charge < -0.3 is 19.4 Å². The standard InChI is InChI=1S/C31H33FN4O3/c1-38-28-12-11-20(17-21(28)19-35-13-15-36(16-14-35)27-10-6-4-8-24(27)32)29-30-23(18-26(34-29)31(37)39-2)22-7-3-5-9-25(22)33-30/h3-12,17,26,29,33-34H,13-16,18-19H2,1-2H3/t26-,29?/m0/s1. The molecule has 0 saturated carbocycles. The van der Waals surface area contributed by atoms with E-state index in [0.717, 1.165) is 71.8 Å². The Labute approximate surface area is 227 Å². The molecule has 3 heterocycles. The van der Waals surface area contributed by atoms with Crippen LogP contribution in [0.2, 0.25) is 0 Å². The molecule has 2 aliphatic rings. The van der Waals surface area contributed by atoms with E-state index in [9.17, 15) is 9.18 Å². The second-order valence-corrected chi connectivity index (χ2v) is 10.2. The van der Waals surface area contributed by atoms with Crippen molar-refractivity contribution >= 4 is 22.6 Å². The van der Waals surface area contributed by atoms with Crippen molar-refractivity contribution < 1.29 is 18.7 Å². The number of carbonyl (C=O) groups is 1. The number of carbonyl (C=O) groups excluding carboxylic acids is 1. The van der Waals surface area contributed by atoms with Crippen LogP contribution in [0.3, 0.4) is 0 Å². The molecule has 1 unspecified atom stereocenters. The molecule has 6 rings (SSSR count). The first-order valence-electron chi connectivity index (χ1n) is 13.4. The molecule has 2 N–H and O–H groups in total. The molecule has 0 spiro atoms. The van der Waals surface area contributed by atoms with Gasteiger partial charge in [-0.25, -0.2) is 4.39 Å². The van der Waals surface area contributed by atoms with Crippen LogP contribution >= 0.6 is 0 Å². The number of esters is 1. The van der Waals surface area contributed by atoms with Crippen molar-refractivity contribution in [3.63, 3.8) is 0 Å². The van der Waals surface area contributed by atoms with Crippen molar-refractivity contribution in [1.29, 1.82) is 0 Å². The number of nitrogens with zero attached hydrogens (tertiary/aromatic N) is 2. The number of piperazine rings is 1. The van der Waals surface area contributed by atoms with Crippen LogP contribution in [0.1, 0.15) is 28.4 Å². The second kappa shape index (κ2) is 10.7. The third kappa shape index (κ3) is 4.86. The van der Waals surface area contributed by atoms with Gasteiger partial charge in [0.25, 0.3) is 0 Å². The molecule has 0 aliphatic carbocycles. The number of hydrogen-bond acceptors (Lipinski definition) is 6. The fourth-order valence-corrected chi connectivity index (χ4v) is 5.99. The maximum atomic E-state index is 14.3. The van der Waals surface area contributed by atoms with Gasteiger partial charge in [0, 0.05) is 61.3 Å². The van der Waals surface area contributed by atoms with Crippen molar-refractivity contribution in [2.24, 2.45) is 0 Å². The van der Waals surface area contributed by atoms with E-state index in [2.05, 4.69) is 44.4 Å². The van der Waals surface area contributed by atoms with Gasteiger partial charge in [0.05, 0.1) is 25.9 Å². The lowest BCUT2D eigenvalue weighted by Crippen LogP contribution is -2.46. The summed E-state index contributed by atoms with van der Waals surface area (Å²) in [7, 11) is 3.12. The zero-order chi connectivity index (χ0) is 26.9. The Hall–Kier alpha value is -3.88. The Morgan fingerprint density at radius 2 is 1.77 bits per heavy atom. The zero-order valence-corrected chi connectivity index (χ0v) is 22.2. The first kappa shape index (κ1) is 25.4. The number of fused-ring (bicyclic) bond motifs is 3. The van der Waals surface area contributed by atoms with Crippen LogP contribution in [0.4, 0.5) is 10.1 Å². The van der Waals surface area contributed by atoms with Gasteiger partial charge in [0.1, 0.15) is 17.6 Å². The van der Waals surface area contributed by atoms with Gasteiger partial charge in [-0.3, -0.25) is 15.0 Å². The van der Waals surface area contributed by atoms with E-state index in [4.69, 9.17) is 9.47 Å². The highest BCUT2D eigenvalue weighted by molar-refractivity contribution is 5.87. The molecule has 2 atom stereocenters. The maximum Gasteiger partial charge on any atom is 0.323 e. The number of methoxy groups -OCH3 is 2. The lowest BCUT2D eigenvalue weighted by Gasteiger charge is -2.36. The number of nitrogens with one attached hydrogen (secondary N) is 2. The van der Waals surface area contributed by atoms with E-state index in [1.54, 1.807) is 13.2 Å². The predicted molar refractivity (Wildman–Crippen MR) is 150 cm³/mol. The Kier molecular flexibility index (Phi) is 6.97. The average molecular weight is 529 g/mol. The summed E-state index contributed by atoms with van der Waals surface area (Å²) >= 11 is 0. The summed E-state index contributed by atoms with van der Waals surface area (Å²) in [5.41, 5.74) is 6.07. The zero-order valence-electron chi connectivity index (χ0n) is 22.2. The Morgan fingerprint density at radius 3 is 2.54 bits per heavy atom. The fourth-order valence-electron chi connectivity index (χ4n) is 5.99. The van der Waals surface area contributed by atoms with E-state index in [0.29, 0.717) is 12.1 Å². The van der Waals surface area contributed by atoms with Crippen molar-refractivity contribution in [1.82, 2.24) is 15.2 Å². The van der Waals surface area contributed by atoms with Gasteiger partial charge in [-0.15, -0.1) is 0 Å². The summed E-state index contributed by atoms with van der Waals surface area (Å²) in [6.45, 7) is 3.87. The number of halogens is 1. The van der Waals surface area contributed by atoms with Gasteiger partial charge in [0.15, 0.2) is 0 Å². The minimum Gasteiger partial charge on any atom is -0.496 e. The highest BCUT2D eigenvalue weighted by atomic mass is 19.1. The topological polar surface area (TPSA) is 69.8 Å². The maximum absolute atomic E-state index is 14.3. The lowest BCUT2D eigenvalue weighted by molar-refractivity contribution is -0.143. The fraction of sp³-hybridized carbons (Fsp3) is 0.323. The SMILES string of the molecule is COC(=O)[C@@H]1Cc2c([nH]c3ccccc23)C(c2ccc(OC)c(CN3CCN(c4ccccc4F)CC3)c2)N1. The lowest BCUT2D eigenvalue weighted by atomic mass is 9.89. The van der Waals surface area contributed by atoms with Crippen LogP contribution in [-0.2, 0) is 22.5 Å². The molecule has 39 heavy (non-hydrogen) atoms. The molecule has 3 aromatic carbocycles. The molecular weight excluding hydrogens is 495 g/mol. The summed E-state index contributed by atoms with van der Waals surface area (Å²) in [6, 6.07) is 20.8. The first-order valence-corrected chi connectivity index (χ1v) is 13.4. The van der Waals surface area contributed by atoms with Crippen molar-refractivity contribution in [2.45, 2.75) is 25.0 Å². The molecule has 8 heteroatoms. The first-order chi connectivity index (χ1) is 19.1. The predicted octanol–water partition coefficient (Wildman–Crippen LogP) is 4.41. The highest BCUT2D eigenvalue weighted by Crippen LogP contribution is 2.37.